The van der Waals surface area contributed by atoms with Crippen LogP contribution >= 0.6 is 0 Å². The minimum atomic E-state index is -0.534. The van der Waals surface area contributed by atoms with Crippen LogP contribution in [0.3, 0.4) is 0 Å². The van der Waals surface area contributed by atoms with Crippen molar-refractivity contribution in [2.24, 2.45) is 0 Å². The van der Waals surface area contributed by atoms with E-state index in [2.05, 4.69) is 16.0 Å². The number of methoxy groups -OCH3 is 2. The molecule has 1 aliphatic rings. The van der Waals surface area contributed by atoms with E-state index in [0.717, 1.165) is 5.56 Å². The maximum atomic E-state index is 12.9. The number of anilines is 1. The fourth-order valence-corrected chi connectivity index (χ4v) is 3.52. The summed E-state index contributed by atoms with van der Waals surface area (Å²) in [5.74, 6) is 0.680. The van der Waals surface area contributed by atoms with Gasteiger partial charge < -0.3 is 30.5 Å². The Hall–Kier alpha value is -3.37. The van der Waals surface area contributed by atoms with E-state index in [1.807, 2.05) is 0 Å². The number of carbonyl (C=O) groups excluding carboxylic acids is 1. The number of nitro groups is 1. The van der Waals surface area contributed by atoms with Crippen LogP contribution in [0.4, 0.5) is 11.4 Å². The Morgan fingerprint density at radius 1 is 1.23 bits per heavy atom. The van der Waals surface area contributed by atoms with Gasteiger partial charge in [-0.1, -0.05) is 6.07 Å². The summed E-state index contributed by atoms with van der Waals surface area (Å²) in [6, 6.07) is 9.44. The number of nitrogens with zero attached hydrogens (tertiary/aromatic N) is 1. The lowest BCUT2D eigenvalue weighted by molar-refractivity contribution is -0.384. The van der Waals surface area contributed by atoms with Crippen LogP contribution in [0.25, 0.3) is 0 Å². The first-order valence-electron chi connectivity index (χ1n) is 9.83. The number of hydrogen-bond donors (Lipinski definition) is 4. The first-order valence-corrected chi connectivity index (χ1v) is 9.83. The van der Waals surface area contributed by atoms with Crippen molar-refractivity contribution in [1.82, 2.24) is 10.6 Å². The highest BCUT2D eigenvalue weighted by Crippen LogP contribution is 2.28. The number of amides is 1. The van der Waals surface area contributed by atoms with Crippen LogP contribution in [0.2, 0.25) is 0 Å². The van der Waals surface area contributed by atoms with E-state index < -0.39 is 10.8 Å². The summed E-state index contributed by atoms with van der Waals surface area (Å²) < 4.78 is 10.5. The van der Waals surface area contributed by atoms with E-state index in [1.54, 1.807) is 25.3 Å². The highest BCUT2D eigenvalue weighted by Gasteiger charge is 2.25. The molecule has 1 heterocycles. The third kappa shape index (κ3) is 5.41. The number of carbonyl (C=O) groups is 1. The van der Waals surface area contributed by atoms with Crippen LogP contribution in [0.15, 0.2) is 36.4 Å². The van der Waals surface area contributed by atoms with Crippen LogP contribution in [-0.4, -0.2) is 55.4 Å². The Morgan fingerprint density at radius 3 is 2.65 bits per heavy atom. The van der Waals surface area contributed by atoms with Gasteiger partial charge in [0.05, 0.1) is 31.3 Å². The summed E-state index contributed by atoms with van der Waals surface area (Å²) in [7, 11) is 3.07. The predicted molar refractivity (Wildman–Crippen MR) is 115 cm³/mol. The lowest BCUT2D eigenvalue weighted by Crippen LogP contribution is -2.27. The minimum Gasteiger partial charge on any atom is -0.493 e. The van der Waals surface area contributed by atoms with Crippen molar-refractivity contribution < 1.29 is 24.3 Å². The van der Waals surface area contributed by atoms with Gasteiger partial charge in [0.1, 0.15) is 0 Å². The molecule has 10 heteroatoms. The van der Waals surface area contributed by atoms with Gasteiger partial charge in [-0.15, -0.1) is 0 Å². The van der Waals surface area contributed by atoms with Gasteiger partial charge in [0.25, 0.3) is 11.6 Å². The number of hydrogen-bond acceptors (Lipinski definition) is 8. The summed E-state index contributed by atoms with van der Waals surface area (Å²) in [4.78, 5) is 23.6. The van der Waals surface area contributed by atoms with Crippen molar-refractivity contribution in [2.45, 2.75) is 25.0 Å². The Kier molecular flexibility index (Phi) is 7.27. The second-order valence-corrected chi connectivity index (χ2v) is 7.22. The van der Waals surface area contributed by atoms with Crippen molar-refractivity contribution in [3.63, 3.8) is 0 Å². The summed E-state index contributed by atoms with van der Waals surface area (Å²) in [5, 5.41) is 29.7. The molecule has 0 saturated carbocycles. The van der Waals surface area contributed by atoms with Crippen molar-refractivity contribution in [3.8, 4) is 11.5 Å². The number of nitrogens with one attached hydrogen (secondary N) is 3. The zero-order chi connectivity index (χ0) is 22.4. The maximum Gasteiger partial charge on any atom is 0.270 e. The molecule has 1 fully saturated rings. The smallest absolute Gasteiger partial charge is 0.270 e. The van der Waals surface area contributed by atoms with Crippen LogP contribution in [0.5, 0.6) is 11.5 Å². The third-order valence-electron chi connectivity index (χ3n) is 5.16. The third-order valence-corrected chi connectivity index (χ3v) is 5.16. The van der Waals surface area contributed by atoms with E-state index in [9.17, 15) is 20.0 Å². The van der Waals surface area contributed by atoms with Crippen LogP contribution in [0.1, 0.15) is 22.3 Å². The number of aliphatic hydroxyl groups is 1. The average Bonchev–Trinajstić information content (AvgIpc) is 3.24. The van der Waals surface area contributed by atoms with Crippen LogP contribution in [-0.2, 0) is 6.54 Å². The van der Waals surface area contributed by atoms with Gasteiger partial charge in [-0.25, -0.2) is 0 Å². The number of benzene rings is 2. The molecule has 2 aromatic carbocycles. The van der Waals surface area contributed by atoms with Gasteiger partial charge in [0, 0.05) is 43.0 Å². The monoisotopic (exact) mass is 430 g/mol. The second-order valence-electron chi connectivity index (χ2n) is 7.22. The van der Waals surface area contributed by atoms with E-state index in [4.69, 9.17) is 9.47 Å². The Balaban J connectivity index is 1.76. The topological polar surface area (TPSA) is 135 Å². The van der Waals surface area contributed by atoms with Crippen molar-refractivity contribution >= 4 is 17.3 Å². The fourth-order valence-electron chi connectivity index (χ4n) is 3.52. The molecular formula is C21H26N4O6. The molecule has 3 rings (SSSR count). The molecule has 0 aromatic heterocycles. The van der Waals surface area contributed by atoms with Crippen molar-refractivity contribution in [3.05, 3.63) is 57.6 Å². The molecule has 0 unspecified atom stereocenters. The summed E-state index contributed by atoms with van der Waals surface area (Å²) >= 11 is 0. The van der Waals surface area contributed by atoms with Gasteiger partial charge in [-0.2, -0.15) is 0 Å². The second kappa shape index (κ2) is 10.1. The number of nitro benzene ring substituents is 1. The van der Waals surface area contributed by atoms with Gasteiger partial charge >= 0.3 is 0 Å². The highest BCUT2D eigenvalue weighted by atomic mass is 16.6. The van der Waals surface area contributed by atoms with Crippen molar-refractivity contribution in [1.29, 1.82) is 0 Å². The molecule has 0 radical (unpaired) electrons. The number of non-ortho nitro benzene ring substituents is 1. The SMILES string of the molecule is COc1ccc(CNC(=O)c2cc([N+](=O)[O-])ccc2N[C@@H]2CN[C@H](CO)C2)cc1OC. The Morgan fingerprint density at radius 2 is 2.00 bits per heavy atom. The van der Waals surface area contributed by atoms with Gasteiger partial charge in [0.15, 0.2) is 11.5 Å². The Bertz CT molecular complexity index is 951. The van der Waals surface area contributed by atoms with E-state index in [-0.39, 0.29) is 36.5 Å². The molecule has 0 bridgehead atoms. The standard InChI is InChI=1S/C21H26N4O6/c1-30-19-6-3-13(7-20(19)31-2)10-23-21(27)17-9-16(25(28)29)4-5-18(17)24-14-8-15(12-26)22-11-14/h3-7,9,14-15,22,24,26H,8,10-12H2,1-2H3,(H,23,27)/t14-,15-/m0/s1. The quantitative estimate of drug-likeness (QED) is 0.349. The molecule has 0 spiro atoms. The fraction of sp³-hybridized carbons (Fsp3) is 0.381. The highest BCUT2D eigenvalue weighted by molar-refractivity contribution is 6.00. The number of aliphatic hydroxyl groups excluding tert-OH is 1. The molecule has 2 atom stereocenters. The van der Waals surface area contributed by atoms with Crippen LogP contribution < -0.4 is 25.4 Å². The molecule has 2 aromatic rings. The van der Waals surface area contributed by atoms with Gasteiger partial charge in [-0.3, -0.25) is 14.9 Å². The van der Waals surface area contributed by atoms with E-state index in [0.29, 0.717) is 30.2 Å². The predicted octanol–water partition coefficient (Wildman–Crippen LogP) is 1.68. The lowest BCUT2D eigenvalue weighted by atomic mass is 10.1. The zero-order valence-corrected chi connectivity index (χ0v) is 17.4. The first-order chi connectivity index (χ1) is 14.9. The first kappa shape index (κ1) is 22.3. The summed E-state index contributed by atoms with van der Waals surface area (Å²) in [6.45, 7) is 0.852. The molecule has 166 valence electrons. The normalized spacial score (nSPS) is 17.8. The maximum absolute atomic E-state index is 12.9. The molecule has 0 aliphatic carbocycles. The summed E-state index contributed by atoms with van der Waals surface area (Å²) in [6.07, 6.45) is 0.681. The molecule has 10 nitrogen and oxygen atoms in total. The molecule has 31 heavy (non-hydrogen) atoms. The molecule has 1 aliphatic heterocycles. The molecular weight excluding hydrogens is 404 g/mol. The Labute approximate surface area is 179 Å². The van der Waals surface area contributed by atoms with E-state index in [1.165, 1.54) is 25.3 Å². The largest absolute Gasteiger partial charge is 0.493 e. The zero-order valence-electron chi connectivity index (χ0n) is 17.4. The van der Waals surface area contributed by atoms with E-state index >= 15 is 0 Å². The minimum absolute atomic E-state index is 0.00370. The number of ether oxygens (including phenoxy) is 2. The van der Waals surface area contributed by atoms with Gasteiger partial charge in [-0.05, 0) is 30.2 Å². The van der Waals surface area contributed by atoms with Gasteiger partial charge in [0.2, 0.25) is 0 Å². The van der Waals surface area contributed by atoms with Crippen molar-refractivity contribution in [2.75, 3.05) is 32.7 Å². The molecule has 4 N–H and O–H groups in total. The number of rotatable bonds is 9. The average molecular weight is 430 g/mol. The summed E-state index contributed by atoms with van der Waals surface area (Å²) in [5.41, 5.74) is 1.30. The lowest BCUT2D eigenvalue weighted by Gasteiger charge is -2.17. The van der Waals surface area contributed by atoms with Crippen LogP contribution in [0, 0.1) is 10.1 Å². The molecule has 1 amide bonds. The molecule has 1 saturated heterocycles.